The number of carbonyl (C=O) groups excluding carboxylic acids is 2. The minimum atomic E-state index is -1.42. The fraction of sp³-hybridized carbons (Fsp3) is 0.500. The van der Waals surface area contributed by atoms with E-state index in [9.17, 15) is 40.2 Å². The number of allylic oxidation sites excluding steroid dienone is 10. The first-order valence-electron chi connectivity index (χ1n) is 13.2. The van der Waals surface area contributed by atoms with E-state index in [1.807, 2.05) is 0 Å². The number of hydrogen-bond acceptors (Lipinski definition) is 14. The Balaban J connectivity index is 0.000000293. The van der Waals surface area contributed by atoms with Gasteiger partial charge in [0.05, 0.1) is 13.2 Å². The Hall–Kier alpha value is -2.53. The van der Waals surface area contributed by atoms with Crippen LogP contribution in [0, 0.1) is 0 Å². The van der Waals surface area contributed by atoms with Gasteiger partial charge in [-0.25, -0.2) is 0 Å². The quantitative estimate of drug-likeness (QED) is 0.0999. The Morgan fingerprint density at radius 2 is 1.02 bits per heavy atom. The average molecular weight is 653 g/mol. The number of ether oxygens (including phenoxy) is 2. The van der Waals surface area contributed by atoms with Crippen LogP contribution in [0.15, 0.2) is 71.1 Å². The standard InChI is InChI=1S/2C14H19NO6.Ni/c2*1-7-3-2-4-8(11(7)17)5-15-10-13(19)12(18)9(6-16)21-14(10)20;/h2*2-5,9-10,12-16,18-20H,6H2,1H3;/b8-5+;8-5-;/t2*9-,10-,12-,13-,14?;/m11./s1. The smallest absolute Gasteiger partial charge is 0.190 e. The summed E-state index contributed by atoms with van der Waals surface area (Å²) in [6.07, 6.45) is 2.39. The molecule has 4 aliphatic rings. The molecule has 10 N–H and O–H groups in total. The van der Waals surface area contributed by atoms with E-state index in [0.29, 0.717) is 22.3 Å². The van der Waals surface area contributed by atoms with Crippen LogP contribution < -0.4 is 10.6 Å². The molecule has 0 radical (unpaired) electrons. The molecule has 15 heteroatoms. The van der Waals surface area contributed by atoms with Gasteiger partial charge in [0.15, 0.2) is 24.1 Å². The molecule has 0 amide bonds. The van der Waals surface area contributed by atoms with Crippen molar-refractivity contribution < 1.29 is 76.4 Å². The molecule has 2 aliphatic heterocycles. The molecule has 43 heavy (non-hydrogen) atoms. The molecule has 2 unspecified atom stereocenters. The number of carbonyl (C=O) groups is 2. The fourth-order valence-electron chi connectivity index (χ4n) is 4.50. The van der Waals surface area contributed by atoms with Gasteiger partial charge in [-0.15, -0.1) is 0 Å². The first-order chi connectivity index (χ1) is 19.9. The minimum Gasteiger partial charge on any atom is -0.394 e. The van der Waals surface area contributed by atoms with Crippen molar-refractivity contribution in [1.82, 2.24) is 10.6 Å². The number of aliphatic hydroxyl groups excluding tert-OH is 8. The van der Waals surface area contributed by atoms with E-state index < -0.39 is 74.5 Å². The maximum atomic E-state index is 11.9. The summed E-state index contributed by atoms with van der Waals surface area (Å²) in [5.41, 5.74) is 1.89. The molecule has 4 rings (SSSR count). The zero-order valence-electron chi connectivity index (χ0n) is 23.3. The van der Waals surface area contributed by atoms with Crippen molar-refractivity contribution in [3.63, 3.8) is 0 Å². The van der Waals surface area contributed by atoms with Crippen molar-refractivity contribution in [2.75, 3.05) is 13.2 Å². The number of aliphatic hydroxyl groups is 8. The summed E-state index contributed by atoms with van der Waals surface area (Å²) in [5, 5.41) is 82.4. The second-order valence-corrected chi connectivity index (χ2v) is 10.1. The maximum Gasteiger partial charge on any atom is 0.190 e. The van der Waals surface area contributed by atoms with Crippen LogP contribution >= 0.6 is 0 Å². The topological polar surface area (TPSA) is 238 Å². The van der Waals surface area contributed by atoms with Crippen LogP contribution in [0.25, 0.3) is 0 Å². The van der Waals surface area contributed by atoms with Crippen molar-refractivity contribution in [1.29, 1.82) is 0 Å². The number of hydrogen-bond donors (Lipinski definition) is 10. The van der Waals surface area contributed by atoms with Gasteiger partial charge in [0.2, 0.25) is 0 Å². The van der Waals surface area contributed by atoms with Crippen LogP contribution in [0.2, 0.25) is 0 Å². The van der Waals surface area contributed by atoms with Gasteiger partial charge in [0.1, 0.15) is 48.7 Å². The second-order valence-electron chi connectivity index (χ2n) is 10.1. The van der Waals surface area contributed by atoms with Crippen LogP contribution in [-0.2, 0) is 35.6 Å². The zero-order valence-corrected chi connectivity index (χ0v) is 24.3. The first kappa shape index (κ1) is 36.7. The van der Waals surface area contributed by atoms with Gasteiger partial charge >= 0.3 is 0 Å². The molecule has 2 fully saturated rings. The molecule has 0 aromatic rings. The van der Waals surface area contributed by atoms with E-state index in [4.69, 9.17) is 19.7 Å². The Morgan fingerprint density at radius 1 is 0.674 bits per heavy atom. The molecule has 0 saturated carbocycles. The van der Waals surface area contributed by atoms with Gasteiger partial charge < -0.3 is 61.0 Å². The summed E-state index contributed by atoms with van der Waals surface area (Å²) in [7, 11) is 0. The second kappa shape index (κ2) is 16.5. The van der Waals surface area contributed by atoms with E-state index in [2.05, 4.69) is 10.6 Å². The number of ketones is 2. The third kappa shape index (κ3) is 8.78. The molecular weight excluding hydrogens is 615 g/mol. The Labute approximate surface area is 257 Å². The molecule has 0 aromatic carbocycles. The normalized spacial score (nSPS) is 37.6. The SMILES string of the molecule is CC1=CC=C/C(=C/N[C@H]2C(O)O[C@H](CO)[C@@H](O)[C@@H]2O)C1=O.CC1=CC=C/C(=C\N[C@H]2C(O)O[C@H](CO)[C@@H](O)[C@@H]2O)C1=O.[Ni]. The number of nitrogens with one attached hydrogen (secondary N) is 2. The molecule has 2 saturated heterocycles. The average Bonchev–Trinajstić information content (AvgIpc) is 2.97. The third-order valence-electron chi connectivity index (χ3n) is 7.15. The maximum absolute atomic E-state index is 11.9. The van der Waals surface area contributed by atoms with Crippen LogP contribution in [0.3, 0.4) is 0 Å². The van der Waals surface area contributed by atoms with E-state index in [1.54, 1.807) is 50.3 Å². The summed E-state index contributed by atoms with van der Waals surface area (Å²) in [6.45, 7) is 2.33. The fourth-order valence-corrected chi connectivity index (χ4v) is 4.50. The van der Waals surface area contributed by atoms with Gasteiger partial charge in [-0.2, -0.15) is 0 Å². The summed E-state index contributed by atoms with van der Waals surface area (Å²) < 4.78 is 10.0. The van der Waals surface area contributed by atoms with Gasteiger partial charge in [0, 0.05) is 40.0 Å². The van der Waals surface area contributed by atoms with Gasteiger partial charge in [0.25, 0.3) is 0 Å². The Kier molecular flexibility index (Phi) is 14.1. The molecule has 14 nitrogen and oxygen atoms in total. The molecular formula is C28H38N2NiO12. The molecule has 0 aromatic heterocycles. The predicted octanol–water partition coefficient (Wildman–Crippen LogP) is -3.31. The largest absolute Gasteiger partial charge is 0.394 e. The molecule has 2 aliphatic carbocycles. The van der Waals surface area contributed by atoms with Gasteiger partial charge in [-0.1, -0.05) is 24.3 Å². The monoisotopic (exact) mass is 652 g/mol. The van der Waals surface area contributed by atoms with Crippen molar-refractivity contribution >= 4 is 11.6 Å². The molecule has 0 bridgehead atoms. The van der Waals surface area contributed by atoms with Crippen LogP contribution in [0.1, 0.15) is 13.8 Å². The summed E-state index contributed by atoms with van der Waals surface area (Å²) in [5.74, 6) is -0.334. The predicted molar refractivity (Wildman–Crippen MR) is 146 cm³/mol. The molecule has 2 heterocycles. The minimum absolute atomic E-state index is 0. The van der Waals surface area contributed by atoms with Crippen molar-refractivity contribution in [2.45, 2.75) is 75.1 Å². The van der Waals surface area contributed by atoms with Crippen molar-refractivity contribution in [3.8, 4) is 0 Å². The summed E-state index contributed by atoms with van der Waals surface area (Å²) in [4.78, 5) is 23.7. The van der Waals surface area contributed by atoms with E-state index in [1.165, 1.54) is 12.4 Å². The number of Topliss-reactive ketones (excluding diaryl/α,β-unsaturated/α-hetero) is 2. The number of rotatable bonds is 6. The zero-order chi connectivity index (χ0) is 31.1. The van der Waals surface area contributed by atoms with E-state index >= 15 is 0 Å². The Bertz CT molecular complexity index is 1090. The molecule has 10 atom stereocenters. The molecule has 242 valence electrons. The van der Waals surface area contributed by atoms with Crippen LogP contribution in [-0.4, -0.2) is 127 Å². The van der Waals surface area contributed by atoms with Crippen molar-refractivity contribution in [2.24, 2.45) is 0 Å². The van der Waals surface area contributed by atoms with Crippen LogP contribution in [0.4, 0.5) is 0 Å². The third-order valence-corrected chi connectivity index (χ3v) is 7.15. The van der Waals surface area contributed by atoms with Crippen molar-refractivity contribution in [3.05, 3.63) is 71.1 Å². The van der Waals surface area contributed by atoms with E-state index in [0.717, 1.165) is 0 Å². The van der Waals surface area contributed by atoms with Gasteiger partial charge in [-0.3, -0.25) is 9.59 Å². The van der Waals surface area contributed by atoms with E-state index in [-0.39, 0.29) is 28.1 Å². The van der Waals surface area contributed by atoms with Crippen LogP contribution in [0.5, 0.6) is 0 Å². The molecule has 0 spiro atoms. The first-order valence-corrected chi connectivity index (χ1v) is 13.2. The Morgan fingerprint density at radius 3 is 1.35 bits per heavy atom. The summed E-state index contributed by atoms with van der Waals surface area (Å²) in [6, 6.07) is -2.02. The van der Waals surface area contributed by atoms with Gasteiger partial charge in [-0.05, 0) is 37.1 Å². The summed E-state index contributed by atoms with van der Waals surface area (Å²) >= 11 is 0.